The van der Waals surface area contributed by atoms with E-state index in [9.17, 15) is 27.9 Å². The molecule has 160 valence electrons. The largest absolute Gasteiger partial charge is 0.465 e. The maximum absolute atomic E-state index is 12.6. The van der Waals surface area contributed by atoms with E-state index >= 15 is 0 Å². The van der Waals surface area contributed by atoms with Crippen LogP contribution in [-0.2, 0) is 17.5 Å². The number of aryl methyl sites for hydroxylation is 1. The van der Waals surface area contributed by atoms with Crippen LogP contribution in [0.1, 0.15) is 23.6 Å². The number of hydrogen-bond donors (Lipinski definition) is 3. The molecule has 0 unspecified atom stereocenters. The van der Waals surface area contributed by atoms with Crippen LogP contribution in [-0.4, -0.2) is 60.8 Å². The van der Waals surface area contributed by atoms with Crippen LogP contribution in [0.2, 0.25) is 0 Å². The van der Waals surface area contributed by atoms with Gasteiger partial charge in [0.2, 0.25) is 11.7 Å². The fourth-order valence-corrected chi connectivity index (χ4v) is 3.21. The van der Waals surface area contributed by atoms with Crippen LogP contribution in [0.3, 0.4) is 0 Å². The molecule has 2 aromatic heterocycles. The van der Waals surface area contributed by atoms with Crippen LogP contribution >= 0.6 is 0 Å². The summed E-state index contributed by atoms with van der Waals surface area (Å²) in [5.74, 6) is -1.91. The number of amides is 2. The number of rotatable bonds is 4. The zero-order valence-corrected chi connectivity index (χ0v) is 15.7. The number of carbonyl (C=O) groups is 2. The summed E-state index contributed by atoms with van der Waals surface area (Å²) in [6.45, 7) is 1.66. The molecule has 3 N–H and O–H groups in total. The van der Waals surface area contributed by atoms with Crippen molar-refractivity contribution in [3.05, 3.63) is 41.7 Å². The molecule has 1 aliphatic rings. The van der Waals surface area contributed by atoms with E-state index in [2.05, 4.69) is 20.3 Å². The summed E-state index contributed by atoms with van der Waals surface area (Å²) in [5, 5.41) is 21.6. The van der Waals surface area contributed by atoms with E-state index in [1.165, 1.54) is 0 Å². The summed E-state index contributed by atoms with van der Waals surface area (Å²) >= 11 is 0. The van der Waals surface area contributed by atoms with Gasteiger partial charge >= 0.3 is 12.3 Å². The SMILES string of the molecule is Cc1cc(-c2cnc(C(F)(F)F)nc2)cc(CNC(=O)[C@@H]2[C@H](O)CCN2C(=O)O)n1. The highest BCUT2D eigenvalue weighted by Gasteiger charge is 2.41. The summed E-state index contributed by atoms with van der Waals surface area (Å²) in [7, 11) is 0. The minimum Gasteiger partial charge on any atom is -0.465 e. The van der Waals surface area contributed by atoms with Crippen LogP contribution in [0.5, 0.6) is 0 Å². The quantitative estimate of drug-likeness (QED) is 0.679. The van der Waals surface area contributed by atoms with E-state index in [4.69, 9.17) is 5.11 Å². The molecule has 0 radical (unpaired) electrons. The van der Waals surface area contributed by atoms with Crippen LogP contribution in [0.25, 0.3) is 11.1 Å². The summed E-state index contributed by atoms with van der Waals surface area (Å²) < 4.78 is 37.9. The monoisotopic (exact) mass is 425 g/mol. The average molecular weight is 425 g/mol. The molecule has 9 nitrogen and oxygen atoms in total. The first-order chi connectivity index (χ1) is 14.1. The number of halogens is 3. The highest BCUT2D eigenvalue weighted by Crippen LogP contribution is 2.27. The Hall–Kier alpha value is -3.28. The van der Waals surface area contributed by atoms with Gasteiger partial charge < -0.3 is 15.5 Å². The van der Waals surface area contributed by atoms with Crippen LogP contribution in [0, 0.1) is 6.92 Å². The lowest BCUT2D eigenvalue weighted by Gasteiger charge is -2.22. The van der Waals surface area contributed by atoms with Crippen molar-refractivity contribution < 1.29 is 33.0 Å². The number of pyridine rings is 1. The van der Waals surface area contributed by atoms with Crippen molar-refractivity contribution >= 4 is 12.0 Å². The third-order valence-corrected chi connectivity index (χ3v) is 4.57. The average Bonchev–Trinajstić information content (AvgIpc) is 3.07. The molecule has 0 saturated carbocycles. The van der Waals surface area contributed by atoms with Gasteiger partial charge in [0, 0.05) is 30.2 Å². The lowest BCUT2D eigenvalue weighted by atomic mass is 10.1. The predicted octanol–water partition coefficient (Wildman–Crippen LogP) is 1.60. The predicted molar refractivity (Wildman–Crippen MR) is 96.0 cm³/mol. The van der Waals surface area contributed by atoms with Gasteiger partial charge in [0.1, 0.15) is 6.04 Å². The van der Waals surface area contributed by atoms with Crippen LogP contribution in [0.15, 0.2) is 24.5 Å². The van der Waals surface area contributed by atoms with Crippen molar-refractivity contribution in [1.82, 2.24) is 25.2 Å². The molecule has 0 aromatic carbocycles. The minimum absolute atomic E-state index is 0.0509. The second-order valence-electron chi connectivity index (χ2n) is 6.78. The molecule has 1 saturated heterocycles. The number of carbonyl (C=O) groups excluding carboxylic acids is 1. The zero-order valence-electron chi connectivity index (χ0n) is 15.7. The molecule has 3 heterocycles. The Morgan fingerprint density at radius 2 is 1.90 bits per heavy atom. The number of aromatic nitrogens is 3. The number of alkyl halides is 3. The molecule has 0 aliphatic carbocycles. The molecule has 3 rings (SSSR count). The van der Waals surface area contributed by atoms with Gasteiger partial charge in [-0.2, -0.15) is 13.2 Å². The zero-order chi connectivity index (χ0) is 22.1. The van der Waals surface area contributed by atoms with Gasteiger partial charge in [-0.25, -0.2) is 14.8 Å². The van der Waals surface area contributed by atoms with E-state index in [1.54, 1.807) is 19.1 Å². The number of nitrogens with zero attached hydrogens (tertiary/aromatic N) is 4. The minimum atomic E-state index is -4.64. The topological polar surface area (TPSA) is 129 Å². The Labute approximate surface area is 168 Å². The maximum atomic E-state index is 12.6. The molecule has 1 fully saturated rings. The van der Waals surface area contributed by atoms with Gasteiger partial charge in [0.25, 0.3) is 0 Å². The van der Waals surface area contributed by atoms with E-state index in [0.29, 0.717) is 22.5 Å². The summed E-state index contributed by atoms with van der Waals surface area (Å²) in [6, 6.07) is 1.97. The Kier molecular flexibility index (Phi) is 5.87. The first-order valence-electron chi connectivity index (χ1n) is 8.89. The van der Waals surface area contributed by atoms with E-state index in [0.717, 1.165) is 17.3 Å². The molecule has 0 bridgehead atoms. The van der Waals surface area contributed by atoms with Crippen molar-refractivity contribution in [1.29, 1.82) is 0 Å². The molecule has 2 amide bonds. The highest BCUT2D eigenvalue weighted by molar-refractivity contribution is 5.86. The van der Waals surface area contributed by atoms with Gasteiger partial charge in [0.15, 0.2) is 0 Å². The molecule has 2 aromatic rings. The summed E-state index contributed by atoms with van der Waals surface area (Å²) in [5.41, 5.74) is 1.79. The van der Waals surface area contributed by atoms with Gasteiger partial charge in [-0.05, 0) is 31.0 Å². The number of likely N-dealkylation sites (tertiary alicyclic amines) is 1. The van der Waals surface area contributed by atoms with Crippen LogP contribution in [0.4, 0.5) is 18.0 Å². The second kappa shape index (κ2) is 8.22. The van der Waals surface area contributed by atoms with Gasteiger partial charge in [-0.3, -0.25) is 14.7 Å². The van der Waals surface area contributed by atoms with Crippen molar-refractivity contribution in [3.8, 4) is 11.1 Å². The Morgan fingerprint density at radius 1 is 1.23 bits per heavy atom. The first kappa shape index (κ1) is 21.4. The number of aliphatic hydroxyl groups excluding tert-OH is 1. The van der Waals surface area contributed by atoms with Gasteiger partial charge in [-0.1, -0.05) is 0 Å². The number of nitrogens with one attached hydrogen (secondary N) is 1. The smallest absolute Gasteiger partial charge is 0.451 e. The molecule has 30 heavy (non-hydrogen) atoms. The van der Waals surface area contributed by atoms with E-state index in [1.807, 2.05) is 0 Å². The van der Waals surface area contributed by atoms with E-state index < -0.39 is 36.1 Å². The normalized spacial score (nSPS) is 19.0. The molecule has 0 spiro atoms. The Morgan fingerprint density at radius 3 is 2.50 bits per heavy atom. The molecule has 2 atom stereocenters. The third-order valence-electron chi connectivity index (χ3n) is 4.57. The molecular weight excluding hydrogens is 407 g/mol. The second-order valence-corrected chi connectivity index (χ2v) is 6.78. The lowest BCUT2D eigenvalue weighted by molar-refractivity contribution is -0.145. The lowest BCUT2D eigenvalue weighted by Crippen LogP contribution is -2.49. The molecule has 1 aliphatic heterocycles. The Balaban J connectivity index is 1.74. The number of carboxylic acid groups (broad SMARTS) is 1. The van der Waals surface area contributed by atoms with Crippen molar-refractivity contribution in [3.63, 3.8) is 0 Å². The van der Waals surface area contributed by atoms with E-state index in [-0.39, 0.29) is 19.5 Å². The Bertz CT molecular complexity index is 952. The summed E-state index contributed by atoms with van der Waals surface area (Å²) in [4.78, 5) is 35.4. The van der Waals surface area contributed by atoms with Crippen molar-refractivity contribution in [2.75, 3.05) is 6.54 Å². The third kappa shape index (κ3) is 4.64. The van der Waals surface area contributed by atoms with Gasteiger partial charge in [-0.15, -0.1) is 0 Å². The maximum Gasteiger partial charge on any atom is 0.451 e. The summed E-state index contributed by atoms with van der Waals surface area (Å²) in [6.07, 6.45) is -4.79. The van der Waals surface area contributed by atoms with Crippen LogP contribution < -0.4 is 5.32 Å². The standard InChI is InChI=1S/C18H18F3N5O4/c1-9-4-10(11-6-23-16(24-7-11)18(19,20)21)5-12(25-9)8-22-15(28)14-13(27)2-3-26(14)17(29)30/h4-7,13-14,27H,2-3,8H2,1H3,(H,22,28)(H,29,30)/t13-,14+/m1/s1. The van der Waals surface area contributed by atoms with Gasteiger partial charge in [0.05, 0.1) is 18.3 Å². The molecule has 12 heteroatoms. The first-order valence-corrected chi connectivity index (χ1v) is 8.89. The highest BCUT2D eigenvalue weighted by atomic mass is 19.4. The number of aliphatic hydroxyl groups is 1. The molecular formula is C18H18F3N5O4. The number of hydrogen-bond acceptors (Lipinski definition) is 6. The fourth-order valence-electron chi connectivity index (χ4n) is 3.21. The van der Waals surface area contributed by atoms with Crippen molar-refractivity contribution in [2.24, 2.45) is 0 Å². The fraction of sp³-hybridized carbons (Fsp3) is 0.389. The van der Waals surface area contributed by atoms with Crippen molar-refractivity contribution in [2.45, 2.75) is 38.2 Å².